The van der Waals surface area contributed by atoms with Gasteiger partial charge in [-0.25, -0.2) is 8.42 Å². The zero-order valence-corrected chi connectivity index (χ0v) is 17.3. The number of piperazine rings is 1. The first-order chi connectivity index (χ1) is 13.9. The highest BCUT2D eigenvalue weighted by molar-refractivity contribution is 7.89. The lowest BCUT2D eigenvalue weighted by Crippen LogP contribution is -2.49. The van der Waals surface area contributed by atoms with E-state index in [1.54, 1.807) is 24.3 Å². The van der Waals surface area contributed by atoms with Crippen molar-refractivity contribution in [3.63, 3.8) is 0 Å². The second-order valence-corrected chi connectivity index (χ2v) is 9.18. The number of benzene rings is 2. The zero-order chi connectivity index (χ0) is 20.4. The maximum Gasteiger partial charge on any atom is 0.247 e. The van der Waals surface area contributed by atoms with Crippen LogP contribution in [0, 0.1) is 6.92 Å². The lowest BCUT2D eigenvalue weighted by Gasteiger charge is -2.36. The summed E-state index contributed by atoms with van der Waals surface area (Å²) in [5, 5.41) is 8.41. The lowest BCUT2D eigenvalue weighted by atomic mass is 10.1. The molecule has 0 aliphatic carbocycles. The smallest absolute Gasteiger partial charge is 0.247 e. The van der Waals surface area contributed by atoms with Crippen LogP contribution in [0.4, 0.5) is 0 Å². The normalized spacial score (nSPS) is 17.3. The number of rotatable bonds is 5. The number of nitrogens with zero attached hydrogens (tertiary/aromatic N) is 4. The van der Waals surface area contributed by atoms with Gasteiger partial charge in [0.15, 0.2) is 0 Å². The highest BCUT2D eigenvalue weighted by Gasteiger charge is 2.31. The minimum absolute atomic E-state index is 0.0809. The van der Waals surface area contributed by atoms with Crippen LogP contribution in [0.1, 0.15) is 24.4 Å². The Morgan fingerprint density at radius 3 is 2.38 bits per heavy atom. The first kappa shape index (κ1) is 19.8. The molecule has 1 aromatic heterocycles. The molecule has 0 bridgehead atoms. The highest BCUT2D eigenvalue weighted by atomic mass is 32.2. The Hall–Kier alpha value is -2.55. The molecule has 2 heterocycles. The first-order valence-electron chi connectivity index (χ1n) is 9.65. The standard InChI is InChI=1S/C21H24N4O3S/c1-16-7-6-8-18(15-16)21-23-22-20(28-21)17(2)24-11-13-25(14-12-24)29(26,27)19-9-4-3-5-10-19/h3-10,15,17H,11-14H2,1-2H3/t17-/m0/s1. The van der Waals surface area contributed by atoms with E-state index in [0.29, 0.717) is 42.9 Å². The van der Waals surface area contributed by atoms with E-state index in [1.807, 2.05) is 44.2 Å². The molecule has 0 unspecified atom stereocenters. The minimum Gasteiger partial charge on any atom is -0.419 e. The van der Waals surface area contributed by atoms with E-state index in [9.17, 15) is 8.42 Å². The molecule has 8 heteroatoms. The van der Waals surface area contributed by atoms with Crippen molar-refractivity contribution in [1.29, 1.82) is 0 Å². The maximum atomic E-state index is 12.8. The van der Waals surface area contributed by atoms with E-state index < -0.39 is 10.0 Å². The maximum absolute atomic E-state index is 12.8. The fraction of sp³-hybridized carbons (Fsp3) is 0.333. The molecule has 3 aromatic rings. The largest absolute Gasteiger partial charge is 0.419 e. The summed E-state index contributed by atoms with van der Waals surface area (Å²) in [5.74, 6) is 1.04. The molecular formula is C21H24N4O3S. The van der Waals surface area contributed by atoms with E-state index in [2.05, 4.69) is 15.1 Å². The van der Waals surface area contributed by atoms with Gasteiger partial charge >= 0.3 is 0 Å². The second-order valence-electron chi connectivity index (χ2n) is 7.24. The van der Waals surface area contributed by atoms with Gasteiger partial charge in [0.2, 0.25) is 21.8 Å². The van der Waals surface area contributed by atoms with Crippen molar-refractivity contribution in [3.8, 4) is 11.5 Å². The van der Waals surface area contributed by atoms with Crippen molar-refractivity contribution < 1.29 is 12.8 Å². The van der Waals surface area contributed by atoms with Crippen LogP contribution < -0.4 is 0 Å². The van der Waals surface area contributed by atoms with Crippen molar-refractivity contribution in [1.82, 2.24) is 19.4 Å². The highest BCUT2D eigenvalue weighted by Crippen LogP contribution is 2.26. The molecule has 0 radical (unpaired) electrons. The summed E-state index contributed by atoms with van der Waals surface area (Å²) in [4.78, 5) is 2.51. The monoisotopic (exact) mass is 412 g/mol. The predicted octanol–water partition coefficient (Wildman–Crippen LogP) is 3.11. The van der Waals surface area contributed by atoms with Crippen molar-refractivity contribution in [2.24, 2.45) is 0 Å². The lowest BCUT2D eigenvalue weighted by molar-refractivity contribution is 0.129. The molecular weight excluding hydrogens is 388 g/mol. The molecule has 1 aliphatic heterocycles. The van der Waals surface area contributed by atoms with Crippen molar-refractivity contribution in [2.75, 3.05) is 26.2 Å². The van der Waals surface area contributed by atoms with Gasteiger partial charge in [0.05, 0.1) is 10.9 Å². The van der Waals surface area contributed by atoms with Crippen LogP contribution in [0.25, 0.3) is 11.5 Å². The van der Waals surface area contributed by atoms with Gasteiger partial charge in [0, 0.05) is 31.7 Å². The topological polar surface area (TPSA) is 79.5 Å². The average Bonchev–Trinajstić information content (AvgIpc) is 3.24. The van der Waals surface area contributed by atoms with Crippen LogP contribution in [0.2, 0.25) is 0 Å². The summed E-state index contributed by atoms with van der Waals surface area (Å²) >= 11 is 0. The van der Waals surface area contributed by atoms with Gasteiger partial charge < -0.3 is 4.42 Å². The van der Waals surface area contributed by atoms with E-state index in [0.717, 1.165) is 11.1 Å². The van der Waals surface area contributed by atoms with Gasteiger partial charge in [0.1, 0.15) is 0 Å². The fourth-order valence-corrected chi connectivity index (χ4v) is 4.97. The molecule has 152 valence electrons. The molecule has 4 rings (SSSR count). The van der Waals surface area contributed by atoms with Gasteiger partial charge in [-0.05, 0) is 38.1 Å². The Balaban J connectivity index is 1.43. The summed E-state index contributed by atoms with van der Waals surface area (Å²) in [5.41, 5.74) is 2.03. The third-order valence-corrected chi connectivity index (χ3v) is 7.18. The Morgan fingerprint density at radius 2 is 1.69 bits per heavy atom. The van der Waals surface area contributed by atoms with Gasteiger partial charge in [-0.15, -0.1) is 10.2 Å². The number of hydrogen-bond donors (Lipinski definition) is 0. The Morgan fingerprint density at radius 1 is 0.966 bits per heavy atom. The van der Waals surface area contributed by atoms with Crippen molar-refractivity contribution >= 4 is 10.0 Å². The minimum atomic E-state index is -3.46. The molecule has 0 N–H and O–H groups in total. The first-order valence-corrected chi connectivity index (χ1v) is 11.1. The second kappa shape index (κ2) is 8.06. The third kappa shape index (κ3) is 4.10. The van der Waals surface area contributed by atoms with Crippen LogP contribution in [0.3, 0.4) is 0 Å². The number of aryl methyl sites for hydroxylation is 1. The van der Waals surface area contributed by atoms with Gasteiger partial charge in [-0.2, -0.15) is 4.31 Å². The molecule has 1 atom stereocenters. The van der Waals surface area contributed by atoms with Crippen LogP contribution in [0.15, 0.2) is 63.9 Å². The van der Waals surface area contributed by atoms with E-state index in [1.165, 1.54) is 4.31 Å². The van der Waals surface area contributed by atoms with E-state index >= 15 is 0 Å². The molecule has 7 nitrogen and oxygen atoms in total. The summed E-state index contributed by atoms with van der Waals surface area (Å²) in [6.07, 6.45) is 0. The molecule has 0 saturated carbocycles. The number of hydrogen-bond acceptors (Lipinski definition) is 6. The molecule has 0 spiro atoms. The summed E-state index contributed by atoms with van der Waals surface area (Å²) in [6.45, 7) is 6.10. The average molecular weight is 413 g/mol. The Kier molecular flexibility index (Phi) is 5.49. The van der Waals surface area contributed by atoms with Crippen molar-refractivity contribution in [3.05, 3.63) is 66.1 Å². The molecule has 2 aromatic carbocycles. The molecule has 29 heavy (non-hydrogen) atoms. The third-order valence-electron chi connectivity index (χ3n) is 5.26. The van der Waals surface area contributed by atoms with Crippen LogP contribution in [-0.4, -0.2) is 54.0 Å². The van der Waals surface area contributed by atoms with Gasteiger partial charge in [-0.1, -0.05) is 35.9 Å². The number of sulfonamides is 1. The van der Waals surface area contributed by atoms with Crippen molar-refractivity contribution in [2.45, 2.75) is 24.8 Å². The molecule has 1 saturated heterocycles. The fourth-order valence-electron chi connectivity index (χ4n) is 3.53. The Labute approximate surface area is 171 Å². The molecule has 1 fully saturated rings. The van der Waals surface area contributed by atoms with Crippen LogP contribution in [-0.2, 0) is 10.0 Å². The SMILES string of the molecule is Cc1cccc(-c2nnc([C@H](C)N3CCN(S(=O)(=O)c4ccccc4)CC3)o2)c1. The predicted molar refractivity (Wildman–Crippen MR) is 110 cm³/mol. The Bertz CT molecular complexity index is 1070. The van der Waals surface area contributed by atoms with Crippen LogP contribution >= 0.6 is 0 Å². The summed E-state index contributed by atoms with van der Waals surface area (Å²) in [7, 11) is -3.46. The zero-order valence-electron chi connectivity index (χ0n) is 16.5. The number of aromatic nitrogens is 2. The summed E-state index contributed by atoms with van der Waals surface area (Å²) < 4.78 is 33.0. The molecule has 1 aliphatic rings. The summed E-state index contributed by atoms with van der Waals surface area (Å²) in [6, 6.07) is 16.4. The van der Waals surface area contributed by atoms with E-state index in [4.69, 9.17) is 4.42 Å². The van der Waals surface area contributed by atoms with E-state index in [-0.39, 0.29) is 6.04 Å². The van der Waals surface area contributed by atoms with Gasteiger partial charge in [0.25, 0.3) is 0 Å². The quantitative estimate of drug-likeness (QED) is 0.641. The van der Waals surface area contributed by atoms with Crippen LogP contribution in [0.5, 0.6) is 0 Å². The van der Waals surface area contributed by atoms with Gasteiger partial charge in [-0.3, -0.25) is 4.90 Å². The molecule has 0 amide bonds.